The lowest BCUT2D eigenvalue weighted by Gasteiger charge is -2.40. The molecular weight excluding hydrogens is 530 g/mol. The summed E-state index contributed by atoms with van der Waals surface area (Å²) in [6.07, 6.45) is 5.78. The molecule has 2 aliphatic rings. The summed E-state index contributed by atoms with van der Waals surface area (Å²) in [7, 11) is -3.96. The van der Waals surface area contributed by atoms with Gasteiger partial charge in [0.1, 0.15) is 9.57 Å². The van der Waals surface area contributed by atoms with Crippen molar-refractivity contribution in [1.82, 2.24) is 4.90 Å². The molecule has 4 rings (SSSR count). The number of nitrogens with zero attached hydrogens (tertiary/aromatic N) is 3. The van der Waals surface area contributed by atoms with Crippen molar-refractivity contribution in [1.29, 1.82) is 0 Å². The zero-order valence-electron chi connectivity index (χ0n) is 16.3. The first-order valence-electron chi connectivity index (χ1n) is 9.25. The molecule has 0 fully saturated rings. The van der Waals surface area contributed by atoms with Crippen LogP contribution in [-0.4, -0.2) is 28.7 Å². The molecule has 0 saturated heterocycles. The summed E-state index contributed by atoms with van der Waals surface area (Å²) in [6, 6.07) is 16.3. The van der Waals surface area contributed by atoms with Gasteiger partial charge in [0.05, 0.1) is 4.90 Å². The molecule has 1 atom stereocenters. The summed E-state index contributed by atoms with van der Waals surface area (Å²) in [4.78, 5) is 6.75. The van der Waals surface area contributed by atoms with Crippen LogP contribution in [0, 0.1) is 6.92 Å². The largest absolute Gasteiger partial charge is 0.313 e. The Morgan fingerprint density at radius 1 is 1.00 bits per heavy atom. The van der Waals surface area contributed by atoms with Crippen molar-refractivity contribution in [3.63, 3.8) is 0 Å². The van der Waals surface area contributed by atoms with E-state index in [0.29, 0.717) is 5.84 Å². The Hall–Kier alpha value is -2.03. The molecule has 2 aliphatic heterocycles. The van der Waals surface area contributed by atoms with Crippen LogP contribution in [0.15, 0.2) is 92.8 Å². The smallest absolute Gasteiger partial charge is 0.284 e. The molecule has 2 aromatic rings. The van der Waals surface area contributed by atoms with Crippen LogP contribution in [0.3, 0.4) is 0 Å². The zero-order chi connectivity index (χ0) is 21.5. The van der Waals surface area contributed by atoms with Crippen molar-refractivity contribution in [2.45, 2.75) is 28.0 Å². The number of aryl methyl sites for hydroxylation is 1. The second-order valence-electron chi connectivity index (χ2n) is 7.18. The maximum Gasteiger partial charge on any atom is 0.284 e. The highest BCUT2D eigenvalue weighted by atomic mass is 79.9. The Bertz CT molecular complexity index is 1200. The summed E-state index contributed by atoms with van der Waals surface area (Å²) in [5.41, 5.74) is 1.88. The summed E-state index contributed by atoms with van der Waals surface area (Å²) in [6.45, 7) is 3.89. The number of hydrogen-bond acceptors (Lipinski definition) is 3. The van der Waals surface area contributed by atoms with Crippen molar-refractivity contribution < 1.29 is 8.42 Å². The van der Waals surface area contributed by atoms with Gasteiger partial charge in [-0.05, 0) is 43.2 Å². The van der Waals surface area contributed by atoms with Crippen LogP contribution in [0.2, 0.25) is 0 Å². The average molecular weight is 549 g/mol. The van der Waals surface area contributed by atoms with Crippen molar-refractivity contribution >= 4 is 53.6 Å². The van der Waals surface area contributed by atoms with Gasteiger partial charge in [0.2, 0.25) is 0 Å². The maximum absolute atomic E-state index is 13.2. The Labute approximate surface area is 193 Å². The number of fused-ring (bicyclic) bond motifs is 1. The lowest BCUT2D eigenvalue weighted by molar-refractivity contribution is 0.373. The minimum absolute atomic E-state index is 0.135. The molecular formula is C22H19Br2N3O2S. The van der Waals surface area contributed by atoms with Crippen LogP contribution in [0.5, 0.6) is 0 Å². The van der Waals surface area contributed by atoms with E-state index in [1.54, 1.807) is 24.3 Å². The molecule has 1 unspecified atom stereocenters. The molecule has 0 aromatic heterocycles. The van der Waals surface area contributed by atoms with Gasteiger partial charge in [-0.1, -0.05) is 86.0 Å². The summed E-state index contributed by atoms with van der Waals surface area (Å²) < 4.78 is 30.2. The minimum Gasteiger partial charge on any atom is -0.313 e. The standard InChI is InChI=1S/C22H19Br2N3O2S/c1-15-8-11-18(12-9-15)30(28,29)26-21-22(20(23)24,17-6-4-3-5-7-17)27-14-16(2)10-13-19(27)25-21/h3-14,20H,1-2H3. The Balaban J connectivity index is 1.97. The first-order valence-corrected chi connectivity index (χ1v) is 12.5. The lowest BCUT2D eigenvalue weighted by Crippen LogP contribution is -2.51. The first kappa shape index (κ1) is 21.2. The second kappa shape index (κ2) is 7.90. The lowest BCUT2D eigenvalue weighted by atomic mass is 9.89. The molecule has 0 saturated carbocycles. The zero-order valence-corrected chi connectivity index (χ0v) is 20.3. The van der Waals surface area contributed by atoms with E-state index in [1.165, 1.54) is 0 Å². The molecule has 0 spiro atoms. The van der Waals surface area contributed by atoms with Gasteiger partial charge in [-0.2, -0.15) is 8.42 Å². The molecule has 154 valence electrons. The minimum atomic E-state index is -3.96. The maximum atomic E-state index is 13.2. The number of allylic oxidation sites excluding steroid dienone is 2. The quantitative estimate of drug-likeness (QED) is 0.488. The monoisotopic (exact) mass is 547 g/mol. The third kappa shape index (κ3) is 3.50. The van der Waals surface area contributed by atoms with Crippen molar-refractivity contribution in [3.05, 3.63) is 89.6 Å². The second-order valence-corrected chi connectivity index (χ2v) is 11.8. The Morgan fingerprint density at radius 3 is 2.30 bits per heavy atom. The molecule has 0 aliphatic carbocycles. The van der Waals surface area contributed by atoms with Gasteiger partial charge in [0.15, 0.2) is 11.4 Å². The summed E-state index contributed by atoms with van der Waals surface area (Å²) in [5.74, 6) is 0.824. The normalized spacial score (nSPS) is 22.3. The Morgan fingerprint density at radius 2 is 1.67 bits per heavy atom. The van der Waals surface area contributed by atoms with E-state index in [0.717, 1.165) is 16.7 Å². The summed E-state index contributed by atoms with van der Waals surface area (Å²) >= 11 is 7.33. The van der Waals surface area contributed by atoms with Crippen LogP contribution in [-0.2, 0) is 15.6 Å². The SMILES string of the molecule is CC1=CN2C(=NC(=NS(=O)(=O)c3ccc(C)cc3)C2(c2ccccc2)C(Br)Br)C=C1. The van der Waals surface area contributed by atoms with Gasteiger partial charge in [0, 0.05) is 6.20 Å². The molecule has 0 radical (unpaired) electrons. The first-order chi connectivity index (χ1) is 14.2. The predicted molar refractivity (Wildman–Crippen MR) is 128 cm³/mol. The van der Waals surface area contributed by atoms with Gasteiger partial charge in [-0.3, -0.25) is 0 Å². The molecule has 0 N–H and O–H groups in total. The third-order valence-corrected chi connectivity index (χ3v) is 7.68. The number of sulfonamides is 1. The van der Waals surface area contributed by atoms with E-state index in [2.05, 4.69) is 41.3 Å². The highest BCUT2D eigenvalue weighted by Crippen LogP contribution is 2.46. The molecule has 5 nitrogen and oxygen atoms in total. The predicted octanol–water partition coefficient (Wildman–Crippen LogP) is 5.28. The Kier molecular flexibility index (Phi) is 5.59. The number of alkyl halides is 2. The molecule has 30 heavy (non-hydrogen) atoms. The third-order valence-electron chi connectivity index (χ3n) is 5.07. The molecule has 2 aromatic carbocycles. The fourth-order valence-electron chi connectivity index (χ4n) is 3.53. The summed E-state index contributed by atoms with van der Waals surface area (Å²) in [5, 5.41) is 0. The highest BCUT2D eigenvalue weighted by molar-refractivity contribution is 9.24. The highest BCUT2D eigenvalue weighted by Gasteiger charge is 2.54. The fraction of sp³-hybridized carbons (Fsp3) is 0.182. The van der Waals surface area contributed by atoms with Gasteiger partial charge in [0.25, 0.3) is 10.0 Å². The van der Waals surface area contributed by atoms with Crippen LogP contribution in [0.1, 0.15) is 18.1 Å². The number of aliphatic imine (C=N–C) groups is 1. The van der Waals surface area contributed by atoms with Gasteiger partial charge < -0.3 is 4.90 Å². The van der Waals surface area contributed by atoms with E-state index in [1.807, 2.05) is 67.4 Å². The van der Waals surface area contributed by atoms with Crippen LogP contribution >= 0.6 is 31.9 Å². The van der Waals surface area contributed by atoms with Crippen LogP contribution in [0.4, 0.5) is 0 Å². The number of amidine groups is 2. The van der Waals surface area contributed by atoms with Gasteiger partial charge >= 0.3 is 0 Å². The van der Waals surface area contributed by atoms with E-state index >= 15 is 0 Å². The van der Waals surface area contributed by atoms with E-state index in [-0.39, 0.29) is 14.5 Å². The van der Waals surface area contributed by atoms with Crippen LogP contribution in [0.25, 0.3) is 0 Å². The molecule has 0 bridgehead atoms. The van der Waals surface area contributed by atoms with E-state index in [4.69, 9.17) is 0 Å². The number of halogens is 2. The van der Waals surface area contributed by atoms with Crippen molar-refractivity contribution in [3.8, 4) is 0 Å². The van der Waals surface area contributed by atoms with Crippen molar-refractivity contribution in [2.24, 2.45) is 9.39 Å². The topological polar surface area (TPSA) is 62.1 Å². The van der Waals surface area contributed by atoms with Gasteiger partial charge in [-0.25, -0.2) is 4.99 Å². The number of hydrogen-bond donors (Lipinski definition) is 0. The average Bonchev–Trinajstić information content (AvgIpc) is 3.02. The molecule has 8 heteroatoms. The number of benzene rings is 2. The van der Waals surface area contributed by atoms with Crippen LogP contribution < -0.4 is 0 Å². The van der Waals surface area contributed by atoms with E-state index < -0.39 is 15.6 Å². The fourth-order valence-corrected chi connectivity index (χ4v) is 5.90. The molecule has 2 heterocycles. The van der Waals surface area contributed by atoms with E-state index in [9.17, 15) is 8.42 Å². The number of rotatable bonds is 4. The molecule has 0 amide bonds. The van der Waals surface area contributed by atoms with Crippen molar-refractivity contribution in [2.75, 3.05) is 0 Å². The van der Waals surface area contributed by atoms with Gasteiger partial charge in [-0.15, -0.1) is 4.40 Å².